The van der Waals surface area contributed by atoms with E-state index in [4.69, 9.17) is 8.83 Å². The smallest absolute Gasteiger partial charge is 0.437 e. The van der Waals surface area contributed by atoms with Gasteiger partial charge in [0.1, 0.15) is 12.3 Å². The third-order valence-corrected chi connectivity index (χ3v) is 3.38. The minimum Gasteiger partial charge on any atom is -0.469 e. The molecule has 0 bridgehead atoms. The molecule has 2 aromatic heterocycles. The molecule has 0 N–H and O–H groups in total. The van der Waals surface area contributed by atoms with E-state index in [2.05, 4.69) is 5.10 Å². The van der Waals surface area contributed by atoms with Crippen molar-refractivity contribution in [2.75, 3.05) is 6.54 Å². The first-order chi connectivity index (χ1) is 9.63. The van der Waals surface area contributed by atoms with Crippen LogP contribution in [0, 0.1) is 6.92 Å². The number of rotatable bonds is 2. The van der Waals surface area contributed by atoms with Crippen LogP contribution < -0.4 is 5.76 Å². The van der Waals surface area contributed by atoms with Gasteiger partial charge in [0.05, 0.1) is 6.26 Å². The fourth-order valence-electron chi connectivity index (χ4n) is 2.39. The highest BCUT2D eigenvalue weighted by molar-refractivity contribution is 5.76. The summed E-state index contributed by atoms with van der Waals surface area (Å²) in [5, 5.41) is 3.87. The van der Waals surface area contributed by atoms with E-state index in [0.29, 0.717) is 13.1 Å². The highest BCUT2D eigenvalue weighted by Gasteiger charge is 2.22. The minimum absolute atomic E-state index is 0.0939. The molecule has 7 heteroatoms. The predicted molar refractivity (Wildman–Crippen MR) is 67.9 cm³/mol. The number of hydrogen-bond donors (Lipinski definition) is 0. The van der Waals surface area contributed by atoms with Crippen molar-refractivity contribution >= 4 is 5.91 Å². The zero-order valence-electron chi connectivity index (χ0n) is 11.2. The summed E-state index contributed by atoms with van der Waals surface area (Å²) in [6.45, 7) is 2.64. The van der Waals surface area contributed by atoms with Gasteiger partial charge in [-0.1, -0.05) is 0 Å². The summed E-state index contributed by atoms with van der Waals surface area (Å²) in [7, 11) is 0. The summed E-state index contributed by atoms with van der Waals surface area (Å²) >= 11 is 0. The number of nitrogens with zero attached hydrogens (tertiary/aromatic N) is 3. The first-order valence-electron chi connectivity index (χ1n) is 6.51. The number of carbonyl (C=O) groups is 1. The van der Waals surface area contributed by atoms with Crippen LogP contribution >= 0.6 is 0 Å². The molecule has 0 radical (unpaired) electrons. The number of amides is 1. The standard InChI is InChI=1S/C13H15N3O4/c1-9-14-16(13(18)20-9)8-12(17)15-5-2-3-11-10(7-15)4-6-19-11/h4,6H,2-3,5,7-8H2,1H3. The van der Waals surface area contributed by atoms with Crippen LogP contribution in [0.15, 0.2) is 26.0 Å². The van der Waals surface area contributed by atoms with Crippen molar-refractivity contribution in [3.8, 4) is 0 Å². The highest BCUT2D eigenvalue weighted by Crippen LogP contribution is 2.19. The molecule has 3 rings (SSSR count). The van der Waals surface area contributed by atoms with E-state index >= 15 is 0 Å². The van der Waals surface area contributed by atoms with Crippen LogP contribution in [0.5, 0.6) is 0 Å². The van der Waals surface area contributed by atoms with Gasteiger partial charge < -0.3 is 13.7 Å². The van der Waals surface area contributed by atoms with Crippen LogP contribution in [0.4, 0.5) is 0 Å². The van der Waals surface area contributed by atoms with Crippen LogP contribution in [0.25, 0.3) is 0 Å². The van der Waals surface area contributed by atoms with Crippen LogP contribution in [0.2, 0.25) is 0 Å². The van der Waals surface area contributed by atoms with Gasteiger partial charge in [-0.25, -0.2) is 4.79 Å². The van der Waals surface area contributed by atoms with Crippen molar-refractivity contribution in [3.05, 3.63) is 40.1 Å². The molecule has 7 nitrogen and oxygen atoms in total. The van der Waals surface area contributed by atoms with Gasteiger partial charge in [-0.2, -0.15) is 4.68 Å². The molecule has 0 aliphatic carbocycles. The molecule has 0 fully saturated rings. The number of aromatic nitrogens is 2. The summed E-state index contributed by atoms with van der Waals surface area (Å²) in [6, 6.07) is 1.88. The predicted octanol–water partition coefficient (Wildman–Crippen LogP) is 0.713. The monoisotopic (exact) mass is 277 g/mol. The van der Waals surface area contributed by atoms with Gasteiger partial charge in [-0.15, -0.1) is 5.10 Å². The summed E-state index contributed by atoms with van der Waals surface area (Å²) < 4.78 is 11.2. The third-order valence-electron chi connectivity index (χ3n) is 3.38. The number of carbonyl (C=O) groups excluding carboxylic acids is 1. The summed E-state index contributed by atoms with van der Waals surface area (Å²) in [5.41, 5.74) is 1.03. The van der Waals surface area contributed by atoms with Crippen molar-refractivity contribution in [1.82, 2.24) is 14.7 Å². The van der Waals surface area contributed by atoms with Crippen LogP contribution in [-0.2, 0) is 24.3 Å². The first-order valence-corrected chi connectivity index (χ1v) is 6.51. The quantitative estimate of drug-likeness (QED) is 0.807. The number of hydrogen-bond acceptors (Lipinski definition) is 5. The Morgan fingerprint density at radius 1 is 1.50 bits per heavy atom. The number of furan rings is 1. The molecule has 0 aromatic carbocycles. The fourth-order valence-corrected chi connectivity index (χ4v) is 2.39. The van der Waals surface area contributed by atoms with E-state index in [9.17, 15) is 9.59 Å². The largest absolute Gasteiger partial charge is 0.469 e. The van der Waals surface area contributed by atoms with Crippen molar-refractivity contribution in [2.45, 2.75) is 32.9 Å². The maximum absolute atomic E-state index is 12.3. The van der Waals surface area contributed by atoms with E-state index in [0.717, 1.165) is 28.8 Å². The molecular formula is C13H15N3O4. The van der Waals surface area contributed by atoms with E-state index < -0.39 is 5.76 Å². The molecule has 1 aliphatic heterocycles. The topological polar surface area (TPSA) is 81.5 Å². The van der Waals surface area contributed by atoms with E-state index in [1.807, 2.05) is 6.07 Å². The Morgan fingerprint density at radius 2 is 2.35 bits per heavy atom. The fraction of sp³-hybridized carbons (Fsp3) is 0.462. The Morgan fingerprint density at radius 3 is 3.10 bits per heavy atom. The van der Waals surface area contributed by atoms with Gasteiger partial charge in [0.15, 0.2) is 0 Å². The zero-order chi connectivity index (χ0) is 14.1. The van der Waals surface area contributed by atoms with Crippen LogP contribution in [0.1, 0.15) is 23.6 Å². The van der Waals surface area contributed by atoms with Crippen molar-refractivity contribution in [1.29, 1.82) is 0 Å². The molecule has 106 valence electrons. The Labute approximate surface area is 114 Å². The lowest BCUT2D eigenvalue weighted by Gasteiger charge is -2.19. The maximum atomic E-state index is 12.3. The second-order valence-electron chi connectivity index (χ2n) is 4.83. The molecular weight excluding hydrogens is 262 g/mol. The van der Waals surface area contributed by atoms with E-state index in [1.54, 1.807) is 18.1 Å². The van der Waals surface area contributed by atoms with Gasteiger partial charge in [0.25, 0.3) is 0 Å². The molecule has 0 saturated carbocycles. The molecule has 2 aromatic rings. The summed E-state index contributed by atoms with van der Waals surface area (Å²) in [6.07, 6.45) is 3.32. The van der Waals surface area contributed by atoms with Crippen molar-refractivity contribution in [3.63, 3.8) is 0 Å². The van der Waals surface area contributed by atoms with E-state index in [-0.39, 0.29) is 18.3 Å². The van der Waals surface area contributed by atoms with E-state index in [1.165, 1.54) is 0 Å². The normalized spacial score (nSPS) is 14.9. The van der Waals surface area contributed by atoms with Crippen LogP contribution in [-0.4, -0.2) is 27.1 Å². The van der Waals surface area contributed by atoms with Crippen molar-refractivity contribution < 1.29 is 13.6 Å². The molecule has 1 aliphatic rings. The third kappa shape index (κ3) is 2.38. The highest BCUT2D eigenvalue weighted by atomic mass is 16.4. The lowest BCUT2D eigenvalue weighted by Crippen LogP contribution is -2.35. The number of aryl methyl sites for hydroxylation is 2. The Kier molecular flexibility index (Phi) is 3.17. The van der Waals surface area contributed by atoms with Gasteiger partial charge in [-0.3, -0.25) is 4.79 Å². The Hall–Kier alpha value is -2.31. The van der Waals surface area contributed by atoms with Crippen LogP contribution in [0.3, 0.4) is 0 Å². The lowest BCUT2D eigenvalue weighted by molar-refractivity contribution is -0.132. The van der Waals surface area contributed by atoms with Gasteiger partial charge >= 0.3 is 5.76 Å². The second-order valence-corrected chi connectivity index (χ2v) is 4.83. The molecule has 0 atom stereocenters. The molecule has 0 spiro atoms. The van der Waals surface area contributed by atoms with Gasteiger partial charge in [0.2, 0.25) is 11.8 Å². The average molecular weight is 277 g/mol. The first kappa shape index (κ1) is 12.7. The molecule has 3 heterocycles. The lowest BCUT2D eigenvalue weighted by atomic mass is 10.2. The second kappa shape index (κ2) is 4.99. The molecule has 1 amide bonds. The summed E-state index contributed by atoms with van der Waals surface area (Å²) in [4.78, 5) is 25.4. The summed E-state index contributed by atoms with van der Waals surface area (Å²) in [5.74, 6) is 0.453. The van der Waals surface area contributed by atoms with Gasteiger partial charge in [0, 0.05) is 32.0 Å². The molecule has 0 unspecified atom stereocenters. The molecule has 20 heavy (non-hydrogen) atoms. The zero-order valence-corrected chi connectivity index (χ0v) is 11.2. The number of fused-ring (bicyclic) bond motifs is 1. The van der Waals surface area contributed by atoms with Gasteiger partial charge in [-0.05, 0) is 12.5 Å². The molecule has 0 saturated heterocycles. The SMILES string of the molecule is Cc1nn(CC(=O)N2CCCc3occc3C2)c(=O)o1. The minimum atomic E-state index is -0.602. The Bertz CT molecular complexity index is 682. The average Bonchev–Trinajstić information content (AvgIpc) is 2.90. The maximum Gasteiger partial charge on any atom is 0.437 e. The Balaban J connectivity index is 1.74. The van der Waals surface area contributed by atoms with Crippen molar-refractivity contribution in [2.24, 2.45) is 0 Å².